The zero-order valence-corrected chi connectivity index (χ0v) is 32.6. The van der Waals surface area contributed by atoms with Crippen molar-refractivity contribution >= 4 is 29.7 Å². The maximum absolute atomic E-state index is 14.8. The van der Waals surface area contributed by atoms with Crippen LogP contribution in [0.3, 0.4) is 0 Å². The van der Waals surface area contributed by atoms with E-state index in [1.165, 1.54) is 40.7 Å². The number of rotatable bonds is 9. The van der Waals surface area contributed by atoms with Crippen LogP contribution in [0.25, 0.3) is 0 Å². The molecule has 0 saturated heterocycles. The molecule has 1 atom stereocenters. The van der Waals surface area contributed by atoms with E-state index in [1.807, 2.05) is 0 Å². The maximum Gasteiger partial charge on any atom is 0.420 e. The normalized spacial score (nSPS) is 15.5. The molecule has 0 aromatic heterocycles. The quantitative estimate of drug-likeness (QED) is 0.146. The van der Waals surface area contributed by atoms with Gasteiger partial charge in [0.2, 0.25) is 5.60 Å². The molecular weight excluding hydrogens is 741 g/mol. The number of carboxylic acid groups (broad SMARTS) is 1. The molecule has 0 bridgehead atoms. The summed E-state index contributed by atoms with van der Waals surface area (Å²) in [6, 6.07) is 1.23. The third kappa shape index (κ3) is 7.14. The van der Waals surface area contributed by atoms with Crippen molar-refractivity contribution in [3.63, 3.8) is 0 Å². The zero-order chi connectivity index (χ0) is 42.5. The molecule has 1 aliphatic rings. The van der Waals surface area contributed by atoms with Gasteiger partial charge < -0.3 is 34.3 Å². The summed E-state index contributed by atoms with van der Waals surface area (Å²) in [6.45, 7) is 13.9. The largest absolute Gasteiger partial charge is 0.507 e. The van der Waals surface area contributed by atoms with Crippen molar-refractivity contribution in [3.8, 4) is 23.0 Å². The highest BCUT2D eigenvalue weighted by atomic mass is 19.4. The van der Waals surface area contributed by atoms with E-state index in [2.05, 4.69) is 0 Å². The number of hydrogen-bond donors (Lipinski definition) is 3. The zero-order valence-electron chi connectivity index (χ0n) is 32.6. The molecule has 12 nitrogen and oxygen atoms in total. The Hall–Kier alpha value is -5.96. The topological polar surface area (TPSA) is 183 Å². The molecule has 0 heterocycles. The van der Waals surface area contributed by atoms with E-state index in [4.69, 9.17) is 18.9 Å². The van der Waals surface area contributed by atoms with E-state index < -0.39 is 75.4 Å². The number of benzene rings is 3. The Bertz CT molecular complexity index is 2310. The van der Waals surface area contributed by atoms with E-state index in [0.29, 0.717) is 28.7 Å². The number of carbonyl (C=O) groups is 5. The highest BCUT2D eigenvalue weighted by Gasteiger charge is 2.49. The van der Waals surface area contributed by atoms with Gasteiger partial charge in [-0.25, -0.2) is 19.2 Å². The fourth-order valence-electron chi connectivity index (χ4n) is 6.92. The number of carbonyl (C=O) groups excluding carboxylic acids is 4. The predicted octanol–water partition coefficient (Wildman–Crippen LogP) is 7.27. The lowest BCUT2D eigenvalue weighted by atomic mass is 9.87. The summed E-state index contributed by atoms with van der Waals surface area (Å²) >= 11 is 0. The number of carboxylic acids is 1. The van der Waals surface area contributed by atoms with Gasteiger partial charge in [-0.05, 0) is 131 Å². The smallest absolute Gasteiger partial charge is 0.420 e. The SMILES string of the molecule is CCc1c(C)c(C(=O)O)c(C)c(C)c1OC(=O)c1c(C)cc(OC(=O)c2c(C)c(C)c(OC(=O)[C@@]3(O)C(C)=CC(=O)C=C3OC)c(C(F)(F)F)c2C)c(C)c1O. The lowest BCUT2D eigenvalue weighted by Gasteiger charge is -2.31. The van der Waals surface area contributed by atoms with Gasteiger partial charge >= 0.3 is 30.1 Å². The van der Waals surface area contributed by atoms with Crippen LogP contribution in [0.4, 0.5) is 13.2 Å². The maximum atomic E-state index is 14.8. The minimum Gasteiger partial charge on any atom is -0.507 e. The van der Waals surface area contributed by atoms with Crippen molar-refractivity contribution in [1.82, 2.24) is 0 Å². The van der Waals surface area contributed by atoms with Gasteiger partial charge in [0.1, 0.15) is 39.9 Å². The number of ether oxygens (including phenoxy) is 4. The van der Waals surface area contributed by atoms with Crippen LogP contribution in [-0.4, -0.2) is 57.7 Å². The number of aromatic hydroxyl groups is 1. The van der Waals surface area contributed by atoms with Crippen molar-refractivity contribution in [2.45, 2.75) is 87.4 Å². The summed E-state index contributed by atoms with van der Waals surface area (Å²) in [5.74, 6) is -8.01. The van der Waals surface area contributed by atoms with Crippen LogP contribution >= 0.6 is 0 Å². The molecule has 0 aliphatic heterocycles. The first kappa shape index (κ1) is 42.8. The highest BCUT2D eigenvalue weighted by Crippen LogP contribution is 2.45. The molecule has 3 aromatic carbocycles. The van der Waals surface area contributed by atoms with Gasteiger partial charge in [-0.2, -0.15) is 13.2 Å². The molecule has 4 rings (SSSR count). The second-order valence-corrected chi connectivity index (χ2v) is 13.5. The minimum atomic E-state index is -5.21. The van der Waals surface area contributed by atoms with Crippen molar-refractivity contribution in [3.05, 3.63) is 102 Å². The average Bonchev–Trinajstić information content (AvgIpc) is 3.09. The van der Waals surface area contributed by atoms with E-state index in [-0.39, 0.29) is 50.5 Å². The van der Waals surface area contributed by atoms with Crippen LogP contribution in [0.1, 0.15) is 101 Å². The standard InChI is InChI=1S/C41H41F3O12/c1-12-26-22(8)30(36(47)48)18(4)20(6)34(26)55-37(49)29-16(2)13-27(23(9)33(29)46)54-38(50)31-19(5)21(7)35(32(24(31)10)41(42,43)44)56-39(51)40(52)17(3)14-25(45)15-28(40)53-11/h13-15,46,52H,12H2,1-11H3,(H,47,48)/t40-/m1/s1. The van der Waals surface area contributed by atoms with Gasteiger partial charge in [-0.3, -0.25) is 4.79 Å². The van der Waals surface area contributed by atoms with Crippen LogP contribution in [-0.2, 0) is 26.9 Å². The van der Waals surface area contributed by atoms with Crippen LogP contribution in [0.2, 0.25) is 0 Å². The molecule has 0 unspecified atom stereocenters. The number of ketones is 1. The van der Waals surface area contributed by atoms with Gasteiger partial charge in [0.25, 0.3) is 0 Å². The van der Waals surface area contributed by atoms with Gasteiger partial charge in [0.15, 0.2) is 5.78 Å². The number of esters is 3. The lowest BCUT2D eigenvalue weighted by Crippen LogP contribution is -2.47. The molecule has 298 valence electrons. The molecule has 0 amide bonds. The van der Waals surface area contributed by atoms with Crippen LogP contribution < -0.4 is 14.2 Å². The molecule has 1 aliphatic carbocycles. The van der Waals surface area contributed by atoms with Crippen molar-refractivity contribution in [1.29, 1.82) is 0 Å². The summed E-state index contributed by atoms with van der Waals surface area (Å²) in [4.78, 5) is 64.7. The fraction of sp³-hybridized carbons (Fsp3) is 0.341. The Morgan fingerprint density at radius 2 is 1.29 bits per heavy atom. The molecule has 0 saturated carbocycles. The second-order valence-electron chi connectivity index (χ2n) is 13.5. The van der Waals surface area contributed by atoms with Gasteiger partial charge in [0, 0.05) is 11.6 Å². The van der Waals surface area contributed by atoms with Gasteiger partial charge in [0.05, 0.1) is 18.2 Å². The predicted molar refractivity (Wildman–Crippen MR) is 195 cm³/mol. The summed E-state index contributed by atoms with van der Waals surface area (Å²) in [5, 5.41) is 32.2. The monoisotopic (exact) mass is 782 g/mol. The number of phenols is 1. The Balaban J connectivity index is 1.75. The molecule has 15 heteroatoms. The average molecular weight is 783 g/mol. The number of aromatic carboxylic acids is 1. The first-order chi connectivity index (χ1) is 25.9. The van der Waals surface area contributed by atoms with Gasteiger partial charge in [-0.1, -0.05) is 6.92 Å². The number of allylic oxidation sites excluding steroid dienone is 2. The van der Waals surface area contributed by atoms with E-state index in [9.17, 15) is 52.5 Å². The van der Waals surface area contributed by atoms with Crippen molar-refractivity contribution < 1.29 is 71.4 Å². The molecule has 0 spiro atoms. The van der Waals surface area contributed by atoms with E-state index in [1.54, 1.807) is 27.7 Å². The third-order valence-electron chi connectivity index (χ3n) is 10.3. The minimum absolute atomic E-state index is 0.0752. The van der Waals surface area contributed by atoms with E-state index in [0.717, 1.165) is 26.2 Å². The number of halogens is 3. The van der Waals surface area contributed by atoms with E-state index >= 15 is 0 Å². The molecule has 0 radical (unpaired) electrons. The summed E-state index contributed by atoms with van der Waals surface area (Å²) in [6.07, 6.45) is -3.19. The lowest BCUT2D eigenvalue weighted by molar-refractivity contribution is -0.153. The summed E-state index contributed by atoms with van der Waals surface area (Å²) < 4.78 is 65.9. The molecule has 3 N–H and O–H groups in total. The Morgan fingerprint density at radius 1 is 0.732 bits per heavy atom. The van der Waals surface area contributed by atoms with Crippen LogP contribution in [0.15, 0.2) is 29.6 Å². The number of aliphatic hydroxyl groups is 1. The molecular formula is C41H41F3O12. The Kier molecular flexibility index (Phi) is 11.7. The molecule has 3 aromatic rings. The third-order valence-corrected chi connectivity index (χ3v) is 10.3. The summed E-state index contributed by atoms with van der Waals surface area (Å²) in [5.41, 5.74) is -4.72. The first-order valence-corrected chi connectivity index (χ1v) is 17.1. The van der Waals surface area contributed by atoms with Gasteiger partial charge in [-0.15, -0.1) is 0 Å². The number of aryl methyl sites for hydroxylation is 1. The number of phenolic OH excluding ortho intramolecular Hbond substituents is 1. The van der Waals surface area contributed by atoms with Crippen LogP contribution in [0, 0.1) is 55.4 Å². The number of hydrogen-bond acceptors (Lipinski definition) is 11. The first-order valence-electron chi connectivity index (χ1n) is 17.1. The molecule has 0 fully saturated rings. The number of methoxy groups -OCH3 is 1. The summed E-state index contributed by atoms with van der Waals surface area (Å²) in [7, 11) is 1.05. The number of alkyl halides is 3. The van der Waals surface area contributed by atoms with Crippen molar-refractivity contribution in [2.75, 3.05) is 7.11 Å². The van der Waals surface area contributed by atoms with Crippen LogP contribution in [0.5, 0.6) is 23.0 Å². The fourth-order valence-corrected chi connectivity index (χ4v) is 6.92. The molecule has 56 heavy (non-hydrogen) atoms. The Labute approximate surface area is 320 Å². The highest BCUT2D eigenvalue weighted by molar-refractivity contribution is 6.06. The second kappa shape index (κ2) is 15.3. The van der Waals surface area contributed by atoms with Crippen molar-refractivity contribution in [2.24, 2.45) is 0 Å². The Morgan fingerprint density at radius 3 is 1.82 bits per heavy atom.